The smallest absolute Gasteiger partial charge is 0.227 e. The summed E-state index contributed by atoms with van der Waals surface area (Å²) >= 11 is 0. The Hall–Kier alpha value is -3.03. The van der Waals surface area contributed by atoms with Gasteiger partial charge in [-0.15, -0.1) is 0 Å². The molecule has 4 rings (SSSR count). The van der Waals surface area contributed by atoms with Gasteiger partial charge in [0.05, 0.1) is 35.6 Å². The number of halogens is 2. The normalized spacial score (nSPS) is 17.0. The molecule has 152 valence electrons. The highest BCUT2D eigenvalue weighted by molar-refractivity contribution is 5.80. The van der Waals surface area contributed by atoms with Gasteiger partial charge in [0.2, 0.25) is 5.91 Å². The summed E-state index contributed by atoms with van der Waals surface area (Å²) in [5, 5.41) is 11.2. The van der Waals surface area contributed by atoms with Crippen LogP contribution in [-0.2, 0) is 11.2 Å². The molecule has 0 bridgehead atoms. The summed E-state index contributed by atoms with van der Waals surface area (Å²) in [4.78, 5) is 14.7. The third-order valence-electron chi connectivity index (χ3n) is 5.58. The molecule has 1 aliphatic heterocycles. The lowest BCUT2D eigenvalue weighted by Gasteiger charge is -2.35. The lowest BCUT2D eigenvalue weighted by molar-refractivity contribution is -0.134. The number of likely N-dealkylation sites (tertiary alicyclic amines) is 1. The van der Waals surface area contributed by atoms with E-state index in [1.807, 2.05) is 13.8 Å². The fourth-order valence-electron chi connectivity index (χ4n) is 3.87. The van der Waals surface area contributed by atoms with Crippen molar-refractivity contribution in [2.45, 2.75) is 45.6 Å². The monoisotopic (exact) mass is 400 g/mol. The number of hydrogen-bond acceptors (Lipinski definition) is 4. The summed E-state index contributed by atoms with van der Waals surface area (Å²) in [5.74, 6) is -0.759. The zero-order chi connectivity index (χ0) is 20.5. The zero-order valence-corrected chi connectivity index (χ0v) is 16.3. The highest BCUT2D eigenvalue weighted by Gasteiger charge is 2.32. The first kappa shape index (κ1) is 19.3. The molecule has 1 fully saturated rings. The summed E-state index contributed by atoms with van der Waals surface area (Å²) in [7, 11) is 0. The first-order valence-corrected chi connectivity index (χ1v) is 9.65. The van der Waals surface area contributed by atoms with Gasteiger partial charge in [0.25, 0.3) is 0 Å². The first-order chi connectivity index (χ1) is 14.0. The Morgan fingerprint density at radius 1 is 1.31 bits per heavy atom. The van der Waals surface area contributed by atoms with E-state index in [1.165, 1.54) is 0 Å². The van der Waals surface area contributed by atoms with Crippen LogP contribution in [0.4, 0.5) is 8.78 Å². The number of benzene rings is 1. The molecule has 29 heavy (non-hydrogen) atoms. The Bertz CT molecular complexity index is 1040. The number of hydrogen-bond donors (Lipinski definition) is 1. The van der Waals surface area contributed by atoms with Crippen molar-refractivity contribution in [1.82, 2.24) is 20.3 Å². The van der Waals surface area contributed by atoms with Gasteiger partial charge >= 0.3 is 0 Å². The molecule has 0 saturated carbocycles. The van der Waals surface area contributed by atoms with Gasteiger partial charge in [-0.25, -0.2) is 8.78 Å². The number of aryl methyl sites for hydroxylation is 1. The van der Waals surface area contributed by atoms with Gasteiger partial charge < -0.3 is 9.42 Å². The number of rotatable bonds is 4. The Morgan fingerprint density at radius 3 is 2.90 bits per heavy atom. The summed E-state index contributed by atoms with van der Waals surface area (Å²) in [5.41, 5.74) is 3.32. The van der Waals surface area contributed by atoms with E-state index in [1.54, 1.807) is 11.1 Å². The second kappa shape index (κ2) is 7.77. The van der Waals surface area contributed by atoms with Crippen LogP contribution in [0.25, 0.3) is 11.3 Å². The molecular weight excluding hydrogens is 378 g/mol. The molecule has 0 spiro atoms. The molecule has 0 radical (unpaired) electrons. The van der Waals surface area contributed by atoms with Gasteiger partial charge in [0.15, 0.2) is 5.76 Å². The van der Waals surface area contributed by atoms with E-state index in [9.17, 15) is 13.6 Å². The Labute approximate surface area is 166 Å². The molecule has 1 saturated heterocycles. The number of H-pyrrole nitrogens is 1. The molecule has 3 heterocycles. The van der Waals surface area contributed by atoms with Crippen molar-refractivity contribution in [2.75, 3.05) is 6.54 Å². The minimum atomic E-state index is -0.580. The van der Waals surface area contributed by atoms with E-state index in [2.05, 4.69) is 15.4 Å². The SMILES string of the molecule is Cc1noc(-c2cn[nH]c2C2CCCCN2C(=O)Cc2cc(F)ccc2F)c1C. The minimum absolute atomic E-state index is 0.0610. The van der Waals surface area contributed by atoms with Crippen LogP contribution >= 0.6 is 0 Å². The van der Waals surface area contributed by atoms with E-state index in [0.29, 0.717) is 12.3 Å². The average molecular weight is 400 g/mol. The average Bonchev–Trinajstić information content (AvgIpc) is 3.31. The molecule has 6 nitrogen and oxygen atoms in total. The van der Waals surface area contributed by atoms with Gasteiger partial charge in [0, 0.05) is 17.7 Å². The standard InChI is InChI=1S/C21H22F2N4O2/c1-12-13(2)26-29-21(12)16-11-24-25-20(16)18-5-3-4-8-27(18)19(28)10-14-9-15(22)6-7-17(14)23/h6-7,9,11,18H,3-5,8,10H2,1-2H3,(H,24,25). The van der Waals surface area contributed by atoms with Crippen LogP contribution in [0.15, 0.2) is 28.9 Å². The van der Waals surface area contributed by atoms with Crippen molar-refractivity contribution in [1.29, 1.82) is 0 Å². The number of amides is 1. The molecule has 8 heteroatoms. The summed E-state index contributed by atoms with van der Waals surface area (Å²) in [6.45, 7) is 4.34. The fourth-order valence-corrected chi connectivity index (χ4v) is 3.87. The number of aromatic amines is 1. The largest absolute Gasteiger partial charge is 0.356 e. The summed E-state index contributed by atoms with van der Waals surface area (Å²) in [6.07, 6.45) is 4.04. The fraction of sp³-hybridized carbons (Fsp3) is 0.381. The van der Waals surface area contributed by atoms with Crippen molar-refractivity contribution in [2.24, 2.45) is 0 Å². The number of nitrogens with zero attached hydrogens (tertiary/aromatic N) is 3. The van der Waals surface area contributed by atoms with Crippen LogP contribution in [0.5, 0.6) is 0 Å². The molecule has 1 aromatic carbocycles. The van der Waals surface area contributed by atoms with Gasteiger partial charge in [-0.3, -0.25) is 9.89 Å². The minimum Gasteiger partial charge on any atom is -0.356 e. The van der Waals surface area contributed by atoms with Gasteiger partial charge in [0.1, 0.15) is 11.6 Å². The quantitative estimate of drug-likeness (QED) is 0.710. The van der Waals surface area contributed by atoms with Gasteiger partial charge in [-0.05, 0) is 51.3 Å². The zero-order valence-electron chi connectivity index (χ0n) is 16.3. The lowest BCUT2D eigenvalue weighted by Crippen LogP contribution is -2.39. The van der Waals surface area contributed by atoms with Crippen LogP contribution in [-0.4, -0.2) is 32.7 Å². The van der Waals surface area contributed by atoms with Crippen molar-refractivity contribution in [3.8, 4) is 11.3 Å². The number of aromatic nitrogens is 3. The van der Waals surface area contributed by atoms with Crippen LogP contribution in [0, 0.1) is 25.5 Å². The molecular formula is C21H22F2N4O2. The molecule has 1 atom stereocenters. The van der Waals surface area contributed by atoms with Crippen molar-refractivity contribution < 1.29 is 18.1 Å². The molecule has 1 unspecified atom stereocenters. The van der Waals surface area contributed by atoms with Gasteiger partial charge in [-0.1, -0.05) is 5.16 Å². The molecule has 1 aliphatic rings. The number of carbonyl (C=O) groups excluding carboxylic acids is 1. The highest BCUT2D eigenvalue weighted by atomic mass is 19.1. The number of piperidine rings is 1. The number of nitrogens with one attached hydrogen (secondary N) is 1. The summed E-state index contributed by atoms with van der Waals surface area (Å²) in [6, 6.07) is 2.93. The third-order valence-corrected chi connectivity index (χ3v) is 5.58. The van der Waals surface area contributed by atoms with E-state index in [0.717, 1.165) is 60.0 Å². The van der Waals surface area contributed by atoms with Crippen LogP contribution in [0.1, 0.15) is 47.8 Å². The van der Waals surface area contributed by atoms with Crippen LogP contribution in [0.3, 0.4) is 0 Å². The third kappa shape index (κ3) is 3.66. The van der Waals surface area contributed by atoms with Crippen molar-refractivity contribution in [3.63, 3.8) is 0 Å². The Kier molecular flexibility index (Phi) is 5.17. The predicted molar refractivity (Wildman–Crippen MR) is 102 cm³/mol. The van der Waals surface area contributed by atoms with Crippen LogP contribution < -0.4 is 0 Å². The van der Waals surface area contributed by atoms with Crippen molar-refractivity contribution >= 4 is 5.91 Å². The van der Waals surface area contributed by atoms with Gasteiger partial charge in [-0.2, -0.15) is 5.10 Å². The van der Waals surface area contributed by atoms with E-state index < -0.39 is 11.6 Å². The molecule has 2 aromatic heterocycles. The predicted octanol–water partition coefficient (Wildman–Crippen LogP) is 4.26. The maximum absolute atomic E-state index is 14.0. The molecule has 3 aromatic rings. The molecule has 0 aliphatic carbocycles. The second-order valence-corrected chi connectivity index (χ2v) is 7.43. The van der Waals surface area contributed by atoms with Crippen LogP contribution in [0.2, 0.25) is 0 Å². The Balaban J connectivity index is 1.64. The topological polar surface area (TPSA) is 75.0 Å². The highest BCUT2D eigenvalue weighted by Crippen LogP contribution is 2.37. The Morgan fingerprint density at radius 2 is 2.14 bits per heavy atom. The molecule has 1 amide bonds. The van der Waals surface area contributed by atoms with Crippen molar-refractivity contribution in [3.05, 3.63) is 58.5 Å². The molecule has 1 N–H and O–H groups in total. The van der Waals surface area contributed by atoms with E-state index in [4.69, 9.17) is 4.52 Å². The maximum Gasteiger partial charge on any atom is 0.227 e. The van der Waals surface area contributed by atoms with E-state index >= 15 is 0 Å². The number of carbonyl (C=O) groups is 1. The first-order valence-electron chi connectivity index (χ1n) is 9.65. The second-order valence-electron chi connectivity index (χ2n) is 7.43. The summed E-state index contributed by atoms with van der Waals surface area (Å²) < 4.78 is 33.0. The van der Waals surface area contributed by atoms with E-state index in [-0.39, 0.29) is 23.9 Å². The lowest BCUT2D eigenvalue weighted by atomic mass is 9.94. The maximum atomic E-state index is 14.0.